The zero-order valence-corrected chi connectivity index (χ0v) is 17.6. The van der Waals surface area contributed by atoms with Gasteiger partial charge in [-0.25, -0.2) is 4.79 Å². The SMILES string of the molecule is CC(C)[C@@H]1c2ccc(OCc3ccccc3)cc2CCN1C(=O)OC(C)(C)C. The van der Waals surface area contributed by atoms with Crippen molar-refractivity contribution in [1.82, 2.24) is 4.90 Å². The number of fused-ring (bicyclic) bond motifs is 1. The maximum atomic E-state index is 12.7. The van der Waals surface area contributed by atoms with Gasteiger partial charge in [-0.1, -0.05) is 50.2 Å². The number of ether oxygens (including phenoxy) is 2. The molecule has 0 N–H and O–H groups in total. The molecule has 1 amide bonds. The van der Waals surface area contributed by atoms with Crippen molar-refractivity contribution in [3.63, 3.8) is 0 Å². The number of hydrogen-bond acceptors (Lipinski definition) is 3. The summed E-state index contributed by atoms with van der Waals surface area (Å²) in [7, 11) is 0. The molecule has 0 fully saturated rings. The molecule has 2 aromatic carbocycles. The van der Waals surface area contributed by atoms with Gasteiger partial charge in [-0.3, -0.25) is 0 Å². The van der Waals surface area contributed by atoms with Crippen molar-refractivity contribution in [2.24, 2.45) is 5.92 Å². The molecule has 0 aromatic heterocycles. The molecule has 0 unspecified atom stereocenters. The van der Waals surface area contributed by atoms with E-state index in [2.05, 4.69) is 38.1 Å². The number of carbonyl (C=O) groups excluding carboxylic acids is 1. The third-order valence-electron chi connectivity index (χ3n) is 4.90. The highest BCUT2D eigenvalue weighted by Gasteiger charge is 2.35. The fourth-order valence-electron chi connectivity index (χ4n) is 3.71. The quantitative estimate of drug-likeness (QED) is 0.676. The van der Waals surface area contributed by atoms with Gasteiger partial charge in [0.25, 0.3) is 0 Å². The second kappa shape index (κ2) is 8.26. The molecular formula is C24H31NO3. The maximum absolute atomic E-state index is 12.7. The van der Waals surface area contributed by atoms with Gasteiger partial charge in [-0.2, -0.15) is 0 Å². The Balaban J connectivity index is 1.78. The van der Waals surface area contributed by atoms with E-state index in [4.69, 9.17) is 9.47 Å². The van der Waals surface area contributed by atoms with Crippen LogP contribution in [0.25, 0.3) is 0 Å². The normalized spacial score (nSPS) is 16.6. The fraction of sp³-hybridized carbons (Fsp3) is 0.458. The average Bonchev–Trinajstić information content (AvgIpc) is 2.64. The van der Waals surface area contributed by atoms with Crippen LogP contribution in [0.1, 0.15) is 57.4 Å². The molecule has 0 saturated carbocycles. The van der Waals surface area contributed by atoms with E-state index in [-0.39, 0.29) is 12.1 Å². The van der Waals surface area contributed by atoms with Gasteiger partial charge in [-0.05, 0) is 61.9 Å². The summed E-state index contributed by atoms with van der Waals surface area (Å²) in [5.41, 5.74) is 3.10. The summed E-state index contributed by atoms with van der Waals surface area (Å²) in [4.78, 5) is 14.6. The number of hydrogen-bond donors (Lipinski definition) is 0. The van der Waals surface area contributed by atoms with Gasteiger partial charge in [0.15, 0.2) is 0 Å². The third kappa shape index (κ3) is 4.86. The largest absolute Gasteiger partial charge is 0.489 e. The Bertz CT molecular complexity index is 808. The number of carbonyl (C=O) groups is 1. The van der Waals surface area contributed by atoms with Crippen LogP contribution in [-0.2, 0) is 17.8 Å². The van der Waals surface area contributed by atoms with Gasteiger partial charge in [0, 0.05) is 6.54 Å². The van der Waals surface area contributed by atoms with E-state index in [0.717, 1.165) is 17.7 Å². The van der Waals surface area contributed by atoms with Crippen LogP contribution >= 0.6 is 0 Å². The van der Waals surface area contributed by atoms with Crippen LogP contribution in [-0.4, -0.2) is 23.1 Å². The lowest BCUT2D eigenvalue weighted by molar-refractivity contribution is 0.00876. The van der Waals surface area contributed by atoms with E-state index in [1.165, 1.54) is 11.1 Å². The summed E-state index contributed by atoms with van der Waals surface area (Å²) in [5.74, 6) is 1.17. The number of amides is 1. The van der Waals surface area contributed by atoms with E-state index in [1.807, 2.05) is 49.9 Å². The Morgan fingerprint density at radius 3 is 2.50 bits per heavy atom. The fourth-order valence-corrected chi connectivity index (χ4v) is 3.71. The van der Waals surface area contributed by atoms with Crippen molar-refractivity contribution in [3.8, 4) is 5.75 Å². The van der Waals surface area contributed by atoms with E-state index in [0.29, 0.717) is 19.1 Å². The molecule has 0 bridgehead atoms. The average molecular weight is 382 g/mol. The van der Waals surface area contributed by atoms with Crippen LogP contribution in [0.5, 0.6) is 5.75 Å². The predicted octanol–water partition coefficient (Wildman–Crippen LogP) is 5.76. The molecule has 0 radical (unpaired) electrons. The van der Waals surface area contributed by atoms with E-state index >= 15 is 0 Å². The molecular weight excluding hydrogens is 350 g/mol. The lowest BCUT2D eigenvalue weighted by Crippen LogP contribution is -2.44. The smallest absolute Gasteiger partial charge is 0.410 e. The minimum absolute atomic E-state index is 0.0155. The summed E-state index contributed by atoms with van der Waals surface area (Å²) in [6.45, 7) is 11.2. The monoisotopic (exact) mass is 381 g/mol. The van der Waals surface area contributed by atoms with Crippen molar-refractivity contribution in [2.45, 2.75) is 59.3 Å². The summed E-state index contributed by atoms with van der Waals surface area (Å²) in [6, 6.07) is 16.4. The molecule has 1 atom stereocenters. The molecule has 28 heavy (non-hydrogen) atoms. The van der Waals surface area contributed by atoms with Crippen molar-refractivity contribution in [1.29, 1.82) is 0 Å². The summed E-state index contributed by atoms with van der Waals surface area (Å²) >= 11 is 0. The highest BCUT2D eigenvalue weighted by atomic mass is 16.6. The highest BCUT2D eigenvalue weighted by molar-refractivity contribution is 5.69. The summed E-state index contributed by atoms with van der Waals surface area (Å²) in [5, 5.41) is 0. The second-order valence-corrected chi connectivity index (χ2v) is 8.75. The summed E-state index contributed by atoms with van der Waals surface area (Å²) < 4.78 is 11.6. The number of rotatable bonds is 4. The van der Waals surface area contributed by atoms with E-state index in [1.54, 1.807) is 0 Å². The Hall–Kier alpha value is -2.49. The molecule has 150 valence electrons. The first kappa shape index (κ1) is 20.2. The van der Waals surface area contributed by atoms with Crippen LogP contribution in [0, 0.1) is 5.92 Å². The summed E-state index contributed by atoms with van der Waals surface area (Å²) in [6.07, 6.45) is 0.571. The lowest BCUT2D eigenvalue weighted by atomic mass is 9.86. The molecule has 4 nitrogen and oxygen atoms in total. The minimum atomic E-state index is -0.492. The van der Waals surface area contributed by atoms with Crippen LogP contribution in [0.15, 0.2) is 48.5 Å². The van der Waals surface area contributed by atoms with Crippen molar-refractivity contribution in [2.75, 3.05) is 6.54 Å². The second-order valence-electron chi connectivity index (χ2n) is 8.75. The Labute approximate surface area is 168 Å². The van der Waals surface area contributed by atoms with Gasteiger partial charge >= 0.3 is 6.09 Å². The third-order valence-corrected chi connectivity index (χ3v) is 4.90. The van der Waals surface area contributed by atoms with Crippen molar-refractivity contribution in [3.05, 3.63) is 65.2 Å². The topological polar surface area (TPSA) is 38.8 Å². The predicted molar refractivity (Wildman–Crippen MR) is 111 cm³/mol. The van der Waals surface area contributed by atoms with E-state index < -0.39 is 5.60 Å². The maximum Gasteiger partial charge on any atom is 0.410 e. The molecule has 1 aliphatic heterocycles. The Morgan fingerprint density at radius 1 is 1.14 bits per heavy atom. The number of benzene rings is 2. The van der Waals surface area contributed by atoms with Crippen LogP contribution in [0.3, 0.4) is 0 Å². The Morgan fingerprint density at radius 2 is 1.86 bits per heavy atom. The van der Waals surface area contributed by atoms with Gasteiger partial charge in [0.2, 0.25) is 0 Å². The van der Waals surface area contributed by atoms with Crippen LogP contribution in [0.2, 0.25) is 0 Å². The minimum Gasteiger partial charge on any atom is -0.489 e. The van der Waals surface area contributed by atoms with Crippen molar-refractivity contribution < 1.29 is 14.3 Å². The first-order valence-corrected chi connectivity index (χ1v) is 10.0. The molecule has 1 aliphatic rings. The zero-order chi connectivity index (χ0) is 20.3. The molecule has 0 aliphatic carbocycles. The Kier molecular flexibility index (Phi) is 5.97. The zero-order valence-electron chi connectivity index (χ0n) is 17.6. The molecule has 1 heterocycles. The molecule has 3 rings (SSSR count). The van der Waals surface area contributed by atoms with Gasteiger partial charge in [-0.15, -0.1) is 0 Å². The van der Waals surface area contributed by atoms with E-state index in [9.17, 15) is 4.79 Å². The molecule has 4 heteroatoms. The molecule has 0 saturated heterocycles. The molecule has 0 spiro atoms. The molecule has 2 aromatic rings. The first-order chi connectivity index (χ1) is 13.2. The lowest BCUT2D eigenvalue weighted by Gasteiger charge is -2.40. The first-order valence-electron chi connectivity index (χ1n) is 10.0. The standard InChI is InChI=1S/C24H31NO3/c1-17(2)22-21-12-11-20(27-16-18-9-7-6-8-10-18)15-19(21)13-14-25(22)23(26)28-24(3,4)5/h6-12,15,17,22H,13-14,16H2,1-5H3/t22-/m1/s1. The number of nitrogens with zero attached hydrogens (tertiary/aromatic N) is 1. The van der Waals surface area contributed by atoms with Crippen LogP contribution < -0.4 is 4.74 Å². The highest BCUT2D eigenvalue weighted by Crippen LogP contribution is 2.37. The van der Waals surface area contributed by atoms with Gasteiger partial charge < -0.3 is 14.4 Å². The van der Waals surface area contributed by atoms with Gasteiger partial charge in [0.1, 0.15) is 18.0 Å². The van der Waals surface area contributed by atoms with Gasteiger partial charge in [0.05, 0.1) is 6.04 Å². The van der Waals surface area contributed by atoms with Crippen molar-refractivity contribution >= 4 is 6.09 Å². The van der Waals surface area contributed by atoms with Crippen LogP contribution in [0.4, 0.5) is 4.79 Å².